The van der Waals surface area contributed by atoms with E-state index in [2.05, 4.69) is 17.6 Å². The van der Waals surface area contributed by atoms with Gasteiger partial charge in [0.05, 0.1) is 16.0 Å². The van der Waals surface area contributed by atoms with E-state index in [-0.39, 0.29) is 11.7 Å². The molecule has 1 aliphatic carbocycles. The van der Waals surface area contributed by atoms with Crippen molar-refractivity contribution < 1.29 is 4.74 Å². The molecule has 100 valence electrons. The van der Waals surface area contributed by atoms with Crippen molar-refractivity contribution >= 4 is 22.9 Å². The number of nitrogens with one attached hydrogen (secondary N) is 1. The van der Waals surface area contributed by atoms with Crippen molar-refractivity contribution in [1.82, 2.24) is 5.32 Å². The van der Waals surface area contributed by atoms with Crippen LogP contribution in [0.15, 0.2) is 11.4 Å². The summed E-state index contributed by atoms with van der Waals surface area (Å²) in [6, 6.07) is 2.04. The van der Waals surface area contributed by atoms with Gasteiger partial charge in [0.2, 0.25) is 0 Å². The molecular weight excluding hydrogens is 266 g/mol. The standard InChI is InChI=1S/C14H20ClNOS/c1-10-2-4-14(5-3-10)9-16-7-12(17-14)11-6-13(15)18-8-11/h6,8,10,12,16H,2-5,7,9H2,1H3. The van der Waals surface area contributed by atoms with Gasteiger partial charge in [-0.2, -0.15) is 0 Å². The topological polar surface area (TPSA) is 21.3 Å². The van der Waals surface area contributed by atoms with Gasteiger partial charge in [-0.25, -0.2) is 0 Å². The summed E-state index contributed by atoms with van der Waals surface area (Å²) in [4.78, 5) is 0. The van der Waals surface area contributed by atoms with Gasteiger partial charge in [0, 0.05) is 13.1 Å². The number of halogens is 1. The van der Waals surface area contributed by atoms with E-state index in [1.807, 2.05) is 6.07 Å². The summed E-state index contributed by atoms with van der Waals surface area (Å²) in [5.41, 5.74) is 1.30. The molecule has 0 aromatic carbocycles. The number of thiophene rings is 1. The molecule has 3 rings (SSSR count). The molecule has 2 nitrogen and oxygen atoms in total. The molecule has 2 fully saturated rings. The number of morpholine rings is 1. The fourth-order valence-electron chi connectivity index (χ4n) is 3.08. The number of hydrogen-bond donors (Lipinski definition) is 1. The maximum Gasteiger partial charge on any atom is 0.0965 e. The summed E-state index contributed by atoms with van der Waals surface area (Å²) in [5, 5.41) is 5.68. The van der Waals surface area contributed by atoms with Crippen LogP contribution in [0.2, 0.25) is 4.34 Å². The van der Waals surface area contributed by atoms with Crippen LogP contribution in [-0.2, 0) is 4.74 Å². The zero-order valence-electron chi connectivity index (χ0n) is 10.7. The SMILES string of the molecule is CC1CCC2(CC1)CNCC(c1csc(Cl)c1)O2. The van der Waals surface area contributed by atoms with Crippen molar-refractivity contribution in [2.24, 2.45) is 5.92 Å². The third-order valence-electron chi connectivity index (χ3n) is 4.31. The summed E-state index contributed by atoms with van der Waals surface area (Å²) >= 11 is 7.61. The highest BCUT2D eigenvalue weighted by atomic mass is 35.5. The van der Waals surface area contributed by atoms with Crippen molar-refractivity contribution in [2.75, 3.05) is 13.1 Å². The van der Waals surface area contributed by atoms with E-state index >= 15 is 0 Å². The van der Waals surface area contributed by atoms with Gasteiger partial charge in [0.1, 0.15) is 0 Å². The Balaban J connectivity index is 1.72. The fourth-order valence-corrected chi connectivity index (χ4v) is 4.01. The van der Waals surface area contributed by atoms with Crippen LogP contribution in [0.4, 0.5) is 0 Å². The molecule has 1 aromatic heterocycles. The van der Waals surface area contributed by atoms with Crippen LogP contribution >= 0.6 is 22.9 Å². The second-order valence-corrected chi connectivity index (χ2v) is 7.33. The van der Waals surface area contributed by atoms with E-state index in [1.54, 1.807) is 11.3 Å². The van der Waals surface area contributed by atoms with Crippen molar-refractivity contribution in [2.45, 2.75) is 44.3 Å². The smallest absolute Gasteiger partial charge is 0.0965 e. The predicted octanol–water partition coefficient (Wildman–Crippen LogP) is 4.01. The number of hydrogen-bond acceptors (Lipinski definition) is 3. The molecule has 2 heterocycles. The van der Waals surface area contributed by atoms with Crippen molar-refractivity contribution in [3.8, 4) is 0 Å². The van der Waals surface area contributed by atoms with Gasteiger partial charge in [-0.1, -0.05) is 18.5 Å². The first-order valence-corrected chi connectivity index (χ1v) is 8.05. The van der Waals surface area contributed by atoms with Crippen LogP contribution in [-0.4, -0.2) is 18.7 Å². The zero-order chi connectivity index (χ0) is 12.6. The maximum absolute atomic E-state index is 6.45. The molecule has 1 spiro atoms. The Morgan fingerprint density at radius 1 is 1.44 bits per heavy atom. The normalized spacial score (nSPS) is 37.0. The molecule has 0 amide bonds. The minimum Gasteiger partial charge on any atom is -0.364 e. The third kappa shape index (κ3) is 2.60. The van der Waals surface area contributed by atoms with Crippen molar-refractivity contribution in [1.29, 1.82) is 0 Å². The summed E-state index contributed by atoms with van der Waals surface area (Å²) in [7, 11) is 0. The van der Waals surface area contributed by atoms with Crippen LogP contribution in [0.3, 0.4) is 0 Å². The van der Waals surface area contributed by atoms with Gasteiger partial charge < -0.3 is 10.1 Å². The molecule has 18 heavy (non-hydrogen) atoms. The second kappa shape index (κ2) is 5.12. The Morgan fingerprint density at radius 3 is 2.89 bits per heavy atom. The zero-order valence-corrected chi connectivity index (χ0v) is 12.3. The Kier molecular flexibility index (Phi) is 3.68. The summed E-state index contributed by atoms with van der Waals surface area (Å²) in [6.45, 7) is 4.26. The molecule has 1 unspecified atom stereocenters. The fraction of sp³-hybridized carbons (Fsp3) is 0.714. The molecule has 0 radical (unpaired) electrons. The van der Waals surface area contributed by atoms with E-state index in [4.69, 9.17) is 16.3 Å². The van der Waals surface area contributed by atoms with E-state index in [1.165, 1.54) is 31.2 Å². The summed E-state index contributed by atoms with van der Waals surface area (Å²) < 4.78 is 7.30. The van der Waals surface area contributed by atoms with Crippen LogP contribution in [0.5, 0.6) is 0 Å². The van der Waals surface area contributed by atoms with Gasteiger partial charge in [-0.3, -0.25) is 0 Å². The Morgan fingerprint density at radius 2 is 2.22 bits per heavy atom. The molecule has 1 saturated heterocycles. The predicted molar refractivity (Wildman–Crippen MR) is 76.4 cm³/mol. The van der Waals surface area contributed by atoms with Gasteiger partial charge in [-0.05, 0) is 48.6 Å². The lowest BCUT2D eigenvalue weighted by molar-refractivity contribution is -0.140. The molecule has 4 heteroatoms. The molecule has 1 N–H and O–H groups in total. The van der Waals surface area contributed by atoms with E-state index < -0.39 is 0 Å². The number of rotatable bonds is 1. The number of ether oxygens (including phenoxy) is 1. The van der Waals surface area contributed by atoms with Crippen molar-refractivity contribution in [3.63, 3.8) is 0 Å². The van der Waals surface area contributed by atoms with Crippen LogP contribution in [0.1, 0.15) is 44.3 Å². The Hall–Kier alpha value is -0.0900. The van der Waals surface area contributed by atoms with Gasteiger partial charge >= 0.3 is 0 Å². The minimum absolute atomic E-state index is 0.0733. The van der Waals surface area contributed by atoms with Gasteiger partial charge in [-0.15, -0.1) is 11.3 Å². The molecule has 1 aromatic rings. The molecular formula is C14H20ClNOS. The first-order chi connectivity index (χ1) is 8.67. The highest BCUT2D eigenvalue weighted by Gasteiger charge is 2.40. The molecule has 1 saturated carbocycles. The molecule has 0 bridgehead atoms. The Bertz CT molecular complexity index is 412. The Labute approximate surface area is 118 Å². The lowest BCUT2D eigenvalue weighted by atomic mass is 9.78. The highest BCUT2D eigenvalue weighted by molar-refractivity contribution is 7.14. The first kappa shape index (κ1) is 12.9. The van der Waals surface area contributed by atoms with Crippen molar-refractivity contribution in [3.05, 3.63) is 21.3 Å². The van der Waals surface area contributed by atoms with E-state index in [9.17, 15) is 0 Å². The molecule has 1 atom stereocenters. The minimum atomic E-state index is 0.0733. The molecule has 1 aliphatic heterocycles. The average molecular weight is 286 g/mol. The third-order valence-corrected chi connectivity index (χ3v) is 5.42. The second-order valence-electron chi connectivity index (χ2n) is 5.79. The lowest BCUT2D eigenvalue weighted by Gasteiger charge is -2.45. The molecule has 2 aliphatic rings. The van der Waals surface area contributed by atoms with Crippen LogP contribution in [0, 0.1) is 5.92 Å². The van der Waals surface area contributed by atoms with Crippen LogP contribution in [0.25, 0.3) is 0 Å². The highest BCUT2D eigenvalue weighted by Crippen LogP contribution is 2.40. The lowest BCUT2D eigenvalue weighted by Crippen LogP contribution is -2.52. The van der Waals surface area contributed by atoms with Gasteiger partial charge in [0.25, 0.3) is 0 Å². The van der Waals surface area contributed by atoms with Gasteiger partial charge in [0.15, 0.2) is 0 Å². The first-order valence-electron chi connectivity index (χ1n) is 6.79. The van der Waals surface area contributed by atoms with E-state index in [0.29, 0.717) is 0 Å². The average Bonchev–Trinajstić information content (AvgIpc) is 2.81. The monoisotopic (exact) mass is 285 g/mol. The summed E-state index contributed by atoms with van der Waals surface area (Å²) in [5.74, 6) is 0.857. The van der Waals surface area contributed by atoms with Crippen LogP contribution < -0.4 is 5.32 Å². The largest absolute Gasteiger partial charge is 0.364 e. The maximum atomic E-state index is 6.45. The summed E-state index contributed by atoms with van der Waals surface area (Å²) in [6.07, 6.45) is 5.14. The quantitative estimate of drug-likeness (QED) is 0.842. The van der Waals surface area contributed by atoms with E-state index in [0.717, 1.165) is 23.3 Å².